The monoisotopic (exact) mass is 362 g/mol. The van der Waals surface area contributed by atoms with Crippen molar-refractivity contribution < 1.29 is 4.79 Å². The highest BCUT2D eigenvalue weighted by atomic mass is 16.2. The third kappa shape index (κ3) is 3.48. The third-order valence-corrected chi connectivity index (χ3v) is 5.09. The zero-order valence-corrected chi connectivity index (χ0v) is 15.3. The average molecular weight is 362 g/mol. The highest BCUT2D eigenvalue weighted by molar-refractivity contribution is 5.94. The summed E-state index contributed by atoms with van der Waals surface area (Å²) < 4.78 is 1.50. The quantitative estimate of drug-likeness (QED) is 0.714. The molecule has 0 bridgehead atoms. The average Bonchev–Trinajstić information content (AvgIpc) is 2.71. The van der Waals surface area contributed by atoms with E-state index in [9.17, 15) is 9.59 Å². The smallest absolute Gasteiger partial charge is 0.282 e. The van der Waals surface area contributed by atoms with E-state index < -0.39 is 0 Å². The molecular formula is C21H22N4O2. The summed E-state index contributed by atoms with van der Waals surface area (Å²) in [7, 11) is 1.68. The van der Waals surface area contributed by atoms with Crippen LogP contribution in [0.3, 0.4) is 0 Å². The second-order valence-electron chi connectivity index (χ2n) is 6.87. The molecule has 4 rings (SSSR count). The van der Waals surface area contributed by atoms with Crippen LogP contribution in [0.2, 0.25) is 0 Å². The molecule has 0 atom stereocenters. The number of rotatable bonds is 3. The Balaban J connectivity index is 1.49. The lowest BCUT2D eigenvalue weighted by molar-refractivity contribution is 0.0620. The van der Waals surface area contributed by atoms with Crippen LogP contribution in [0.1, 0.15) is 16.1 Å². The molecule has 27 heavy (non-hydrogen) atoms. The first-order chi connectivity index (χ1) is 13.1. The summed E-state index contributed by atoms with van der Waals surface area (Å²) in [6.07, 6.45) is 0. The predicted molar refractivity (Wildman–Crippen MR) is 105 cm³/mol. The van der Waals surface area contributed by atoms with E-state index in [-0.39, 0.29) is 17.2 Å². The Kier molecular flexibility index (Phi) is 4.73. The van der Waals surface area contributed by atoms with Crippen LogP contribution in [-0.2, 0) is 13.6 Å². The van der Waals surface area contributed by atoms with Gasteiger partial charge in [-0.05, 0) is 17.7 Å². The minimum Gasteiger partial charge on any atom is -0.335 e. The number of carbonyl (C=O) groups is 1. The molecule has 0 spiro atoms. The van der Waals surface area contributed by atoms with E-state index in [0.717, 1.165) is 25.2 Å². The highest BCUT2D eigenvalue weighted by Crippen LogP contribution is 2.12. The van der Waals surface area contributed by atoms with Gasteiger partial charge < -0.3 is 9.47 Å². The van der Waals surface area contributed by atoms with Gasteiger partial charge >= 0.3 is 0 Å². The summed E-state index contributed by atoms with van der Waals surface area (Å²) in [5.41, 5.74) is 2.32. The zero-order valence-electron chi connectivity index (χ0n) is 15.3. The largest absolute Gasteiger partial charge is 0.335 e. The lowest BCUT2D eigenvalue weighted by atomic mass is 10.2. The van der Waals surface area contributed by atoms with E-state index in [1.54, 1.807) is 11.9 Å². The Morgan fingerprint density at radius 1 is 0.963 bits per heavy atom. The number of aromatic nitrogens is 2. The van der Waals surface area contributed by atoms with Gasteiger partial charge in [0, 0.05) is 39.8 Å². The van der Waals surface area contributed by atoms with Crippen molar-refractivity contribution in [1.29, 1.82) is 0 Å². The minimum atomic E-state index is -0.342. The van der Waals surface area contributed by atoms with Crippen molar-refractivity contribution in [2.24, 2.45) is 7.05 Å². The number of para-hydroxylation sites is 2. The summed E-state index contributed by atoms with van der Waals surface area (Å²) in [4.78, 5) is 33.9. The van der Waals surface area contributed by atoms with Gasteiger partial charge in [-0.15, -0.1) is 0 Å². The number of aryl methyl sites for hydroxylation is 1. The third-order valence-electron chi connectivity index (χ3n) is 5.09. The van der Waals surface area contributed by atoms with E-state index in [1.807, 2.05) is 42.5 Å². The lowest BCUT2D eigenvalue weighted by Crippen LogP contribution is -2.49. The van der Waals surface area contributed by atoms with Gasteiger partial charge in [0.15, 0.2) is 5.69 Å². The Hall–Kier alpha value is -2.99. The molecule has 1 aromatic heterocycles. The van der Waals surface area contributed by atoms with Crippen LogP contribution in [0.5, 0.6) is 0 Å². The first-order valence-corrected chi connectivity index (χ1v) is 9.15. The molecule has 1 fully saturated rings. The van der Waals surface area contributed by atoms with Gasteiger partial charge in [0.25, 0.3) is 11.5 Å². The van der Waals surface area contributed by atoms with E-state index >= 15 is 0 Å². The van der Waals surface area contributed by atoms with Crippen LogP contribution >= 0.6 is 0 Å². The number of hydrogen-bond acceptors (Lipinski definition) is 4. The Labute approximate surface area is 157 Å². The fourth-order valence-corrected chi connectivity index (χ4v) is 3.52. The minimum absolute atomic E-state index is 0.00714. The summed E-state index contributed by atoms with van der Waals surface area (Å²) in [6, 6.07) is 17.7. The molecule has 0 saturated carbocycles. The van der Waals surface area contributed by atoms with Gasteiger partial charge in [-0.1, -0.05) is 42.5 Å². The first kappa shape index (κ1) is 17.4. The van der Waals surface area contributed by atoms with Crippen LogP contribution in [0.15, 0.2) is 59.4 Å². The van der Waals surface area contributed by atoms with Gasteiger partial charge in [-0.2, -0.15) is 0 Å². The fraction of sp³-hybridized carbons (Fsp3) is 0.286. The molecule has 6 heteroatoms. The molecule has 1 aliphatic rings. The van der Waals surface area contributed by atoms with Crippen LogP contribution in [0.4, 0.5) is 0 Å². The van der Waals surface area contributed by atoms with Crippen molar-refractivity contribution in [2.75, 3.05) is 26.2 Å². The van der Waals surface area contributed by atoms with E-state index in [1.165, 1.54) is 10.1 Å². The van der Waals surface area contributed by atoms with Gasteiger partial charge in [-0.25, -0.2) is 4.98 Å². The van der Waals surface area contributed by atoms with Crippen molar-refractivity contribution in [3.05, 3.63) is 76.2 Å². The number of nitrogens with zero attached hydrogens (tertiary/aromatic N) is 4. The molecule has 138 valence electrons. The van der Waals surface area contributed by atoms with Crippen LogP contribution < -0.4 is 5.56 Å². The number of benzene rings is 2. The maximum absolute atomic E-state index is 12.9. The van der Waals surface area contributed by atoms with Crippen LogP contribution in [0, 0.1) is 0 Å². The van der Waals surface area contributed by atoms with Gasteiger partial charge in [0.1, 0.15) is 0 Å². The second-order valence-corrected chi connectivity index (χ2v) is 6.87. The molecule has 2 heterocycles. The van der Waals surface area contributed by atoms with E-state index in [4.69, 9.17) is 0 Å². The molecule has 3 aromatic rings. The molecule has 0 unspecified atom stereocenters. The van der Waals surface area contributed by atoms with Crippen molar-refractivity contribution >= 4 is 16.9 Å². The number of amides is 1. The van der Waals surface area contributed by atoms with Crippen molar-refractivity contribution in [3.63, 3.8) is 0 Å². The second kappa shape index (κ2) is 7.32. The van der Waals surface area contributed by atoms with Crippen molar-refractivity contribution in [2.45, 2.75) is 6.54 Å². The molecular weight excluding hydrogens is 340 g/mol. The van der Waals surface area contributed by atoms with Crippen LogP contribution in [0.25, 0.3) is 11.0 Å². The molecule has 6 nitrogen and oxygen atoms in total. The normalized spacial score (nSPS) is 15.2. The molecule has 0 radical (unpaired) electrons. The van der Waals surface area contributed by atoms with Gasteiger partial charge in [0.05, 0.1) is 11.0 Å². The Morgan fingerprint density at radius 2 is 1.63 bits per heavy atom. The molecule has 1 amide bonds. The molecule has 0 N–H and O–H groups in total. The summed E-state index contributed by atoms with van der Waals surface area (Å²) in [5.74, 6) is -0.277. The molecule has 1 saturated heterocycles. The SMILES string of the molecule is Cn1c(=O)c(C(=O)N2CCN(Cc3ccccc3)CC2)nc2ccccc21. The van der Waals surface area contributed by atoms with Gasteiger partial charge in [-0.3, -0.25) is 14.5 Å². The lowest BCUT2D eigenvalue weighted by Gasteiger charge is -2.34. The van der Waals surface area contributed by atoms with Crippen molar-refractivity contribution in [3.8, 4) is 0 Å². The molecule has 0 aliphatic carbocycles. The van der Waals surface area contributed by atoms with Crippen molar-refractivity contribution in [1.82, 2.24) is 19.4 Å². The van der Waals surface area contributed by atoms with E-state index in [2.05, 4.69) is 22.0 Å². The number of hydrogen-bond donors (Lipinski definition) is 0. The van der Waals surface area contributed by atoms with Crippen LogP contribution in [-0.4, -0.2) is 51.4 Å². The summed E-state index contributed by atoms with van der Waals surface area (Å²) in [5, 5.41) is 0. The maximum Gasteiger partial charge on any atom is 0.282 e. The van der Waals surface area contributed by atoms with Gasteiger partial charge in [0.2, 0.25) is 0 Å². The fourth-order valence-electron chi connectivity index (χ4n) is 3.52. The van der Waals surface area contributed by atoms with E-state index in [0.29, 0.717) is 18.6 Å². The predicted octanol–water partition coefficient (Wildman–Crippen LogP) is 1.89. The highest BCUT2D eigenvalue weighted by Gasteiger charge is 2.26. The summed E-state index contributed by atoms with van der Waals surface area (Å²) >= 11 is 0. The standard InChI is InChI=1S/C21H22N4O2/c1-23-18-10-6-5-9-17(18)22-19(20(23)26)21(27)25-13-11-24(12-14-25)15-16-7-3-2-4-8-16/h2-10H,11-15H2,1H3. The summed E-state index contributed by atoms with van der Waals surface area (Å²) in [6.45, 7) is 3.65. The Bertz CT molecular complexity index is 1020. The topological polar surface area (TPSA) is 58.4 Å². The first-order valence-electron chi connectivity index (χ1n) is 9.15. The maximum atomic E-state index is 12.9. The molecule has 1 aliphatic heterocycles. The zero-order chi connectivity index (χ0) is 18.8. The number of piperazine rings is 1. The Morgan fingerprint density at radius 3 is 2.37 bits per heavy atom. The molecule has 2 aromatic carbocycles. The number of carbonyl (C=O) groups excluding carboxylic acids is 1. The number of fused-ring (bicyclic) bond motifs is 1.